The van der Waals surface area contributed by atoms with Crippen molar-refractivity contribution in [3.63, 3.8) is 0 Å². The van der Waals surface area contributed by atoms with Crippen LogP contribution in [0.3, 0.4) is 0 Å². The number of halogens is 1. The van der Waals surface area contributed by atoms with Crippen molar-refractivity contribution in [2.24, 2.45) is 0 Å². The maximum atomic E-state index is 13.8. The predicted octanol–water partition coefficient (Wildman–Crippen LogP) is 6.97. The molecule has 0 aliphatic heterocycles. The van der Waals surface area contributed by atoms with Crippen LogP contribution in [0.25, 0.3) is 0 Å². The number of thioether (sulfide) groups is 1. The van der Waals surface area contributed by atoms with Crippen molar-refractivity contribution in [2.45, 2.75) is 69.8 Å². The number of nitrogens with zero attached hydrogens (tertiary/aromatic N) is 1. The molecule has 1 N–H and O–H groups in total. The van der Waals surface area contributed by atoms with Crippen molar-refractivity contribution in [3.05, 3.63) is 106 Å². The van der Waals surface area contributed by atoms with Crippen LogP contribution in [0.5, 0.6) is 0 Å². The number of hydrogen-bond donors (Lipinski definition) is 1. The Morgan fingerprint density at radius 2 is 1.63 bits per heavy atom. The number of hydrogen-bond acceptors (Lipinski definition) is 3. The highest BCUT2D eigenvalue weighted by atomic mass is 35.5. The minimum atomic E-state index is -0.606. The molecule has 0 aromatic heterocycles. The summed E-state index contributed by atoms with van der Waals surface area (Å²) in [5.41, 5.74) is 4.35. The van der Waals surface area contributed by atoms with E-state index in [1.807, 2.05) is 60.7 Å². The normalized spacial score (nSPS) is 14.6. The molecule has 0 bridgehead atoms. The van der Waals surface area contributed by atoms with Gasteiger partial charge in [-0.1, -0.05) is 103 Å². The summed E-state index contributed by atoms with van der Waals surface area (Å²) in [4.78, 5) is 29.4. The zero-order valence-corrected chi connectivity index (χ0v) is 23.6. The van der Waals surface area contributed by atoms with Crippen LogP contribution in [-0.4, -0.2) is 34.6 Å². The first-order valence-corrected chi connectivity index (χ1v) is 15.0. The number of carbonyl (C=O) groups excluding carboxylic acids is 2. The summed E-state index contributed by atoms with van der Waals surface area (Å²) >= 11 is 7.87. The van der Waals surface area contributed by atoms with Crippen LogP contribution in [0, 0.1) is 6.92 Å². The summed E-state index contributed by atoms with van der Waals surface area (Å²) in [5.74, 6) is 0.939. The van der Waals surface area contributed by atoms with Gasteiger partial charge in [0.25, 0.3) is 0 Å². The van der Waals surface area contributed by atoms with Crippen molar-refractivity contribution in [1.29, 1.82) is 0 Å². The summed E-state index contributed by atoms with van der Waals surface area (Å²) in [6.07, 6.45) is 5.95. The van der Waals surface area contributed by atoms with Gasteiger partial charge in [0.05, 0.1) is 5.75 Å². The fourth-order valence-corrected chi connectivity index (χ4v) is 6.14. The summed E-state index contributed by atoms with van der Waals surface area (Å²) < 4.78 is 0. The van der Waals surface area contributed by atoms with E-state index in [2.05, 4.69) is 30.4 Å². The van der Waals surface area contributed by atoms with Crippen molar-refractivity contribution >= 4 is 35.2 Å². The summed E-state index contributed by atoms with van der Waals surface area (Å²) in [6, 6.07) is 25.5. The summed E-state index contributed by atoms with van der Waals surface area (Å²) in [6.45, 7) is 2.41. The maximum absolute atomic E-state index is 13.8. The van der Waals surface area contributed by atoms with E-state index in [0.717, 1.165) is 42.6 Å². The Hall–Kier alpha value is -2.76. The second-order valence-electron chi connectivity index (χ2n) is 10.2. The first-order chi connectivity index (χ1) is 18.5. The molecular weight excluding hydrogens is 512 g/mol. The molecule has 0 unspecified atom stereocenters. The lowest BCUT2D eigenvalue weighted by molar-refractivity contribution is -0.139. The first-order valence-electron chi connectivity index (χ1n) is 13.5. The number of aryl methyl sites for hydroxylation is 1. The van der Waals surface area contributed by atoms with E-state index < -0.39 is 6.04 Å². The van der Waals surface area contributed by atoms with Crippen LogP contribution in [0.1, 0.15) is 54.4 Å². The Kier molecular flexibility index (Phi) is 10.7. The number of amides is 2. The molecule has 1 aliphatic rings. The van der Waals surface area contributed by atoms with Crippen LogP contribution in [0.4, 0.5) is 0 Å². The van der Waals surface area contributed by atoms with Gasteiger partial charge in [0.15, 0.2) is 0 Å². The molecule has 0 heterocycles. The second kappa shape index (κ2) is 14.4. The van der Waals surface area contributed by atoms with Gasteiger partial charge in [-0.3, -0.25) is 9.59 Å². The molecule has 2 amide bonds. The topological polar surface area (TPSA) is 49.4 Å². The number of carbonyl (C=O) groups is 2. The Morgan fingerprint density at radius 1 is 0.921 bits per heavy atom. The summed E-state index contributed by atoms with van der Waals surface area (Å²) in [5, 5.41) is 3.91. The van der Waals surface area contributed by atoms with Gasteiger partial charge in [-0.2, -0.15) is 0 Å². The molecule has 1 atom stereocenters. The minimum Gasteiger partial charge on any atom is -0.352 e. The smallest absolute Gasteiger partial charge is 0.243 e. The number of benzene rings is 3. The molecule has 0 spiro atoms. The molecule has 0 saturated heterocycles. The quantitative estimate of drug-likeness (QED) is 0.281. The van der Waals surface area contributed by atoms with Crippen LogP contribution in [0.2, 0.25) is 5.02 Å². The van der Waals surface area contributed by atoms with E-state index in [-0.39, 0.29) is 17.9 Å². The van der Waals surface area contributed by atoms with Gasteiger partial charge in [0.1, 0.15) is 6.04 Å². The van der Waals surface area contributed by atoms with E-state index >= 15 is 0 Å². The maximum Gasteiger partial charge on any atom is 0.243 e. The Balaban J connectivity index is 1.56. The highest BCUT2D eigenvalue weighted by molar-refractivity contribution is 7.99. The predicted molar refractivity (Wildman–Crippen MR) is 158 cm³/mol. The lowest BCUT2D eigenvalue weighted by atomic mass is 9.94. The molecule has 4 nitrogen and oxygen atoms in total. The SMILES string of the molecule is Cc1cccc(CSCC(=O)N(Cc2cccc(Cl)c2)[C@H](Cc2ccccc2)C(=O)NC2CCCCC2)c1. The molecule has 1 fully saturated rings. The van der Waals surface area contributed by atoms with Gasteiger partial charge >= 0.3 is 0 Å². The third-order valence-corrected chi connectivity index (χ3v) is 8.26. The van der Waals surface area contributed by atoms with Crippen molar-refractivity contribution in [3.8, 4) is 0 Å². The molecule has 1 aliphatic carbocycles. The molecule has 200 valence electrons. The lowest BCUT2D eigenvalue weighted by Crippen LogP contribution is -2.53. The minimum absolute atomic E-state index is 0.0395. The lowest BCUT2D eigenvalue weighted by Gasteiger charge is -2.33. The third-order valence-electron chi connectivity index (χ3n) is 7.04. The van der Waals surface area contributed by atoms with Crippen molar-refractivity contribution in [2.75, 3.05) is 5.75 Å². The van der Waals surface area contributed by atoms with Gasteiger partial charge in [-0.15, -0.1) is 11.8 Å². The molecular formula is C32H37ClN2O2S. The largest absolute Gasteiger partial charge is 0.352 e. The van der Waals surface area contributed by atoms with Gasteiger partial charge in [0.2, 0.25) is 11.8 Å². The van der Waals surface area contributed by atoms with Crippen LogP contribution in [0.15, 0.2) is 78.9 Å². The van der Waals surface area contributed by atoms with Gasteiger partial charge in [-0.25, -0.2) is 0 Å². The van der Waals surface area contributed by atoms with E-state index in [1.54, 1.807) is 16.7 Å². The highest BCUT2D eigenvalue weighted by Gasteiger charge is 2.31. The molecule has 3 aromatic rings. The third kappa shape index (κ3) is 8.64. The van der Waals surface area contributed by atoms with Crippen molar-refractivity contribution in [1.82, 2.24) is 10.2 Å². The van der Waals surface area contributed by atoms with E-state index in [9.17, 15) is 9.59 Å². The van der Waals surface area contributed by atoms with E-state index in [0.29, 0.717) is 23.7 Å². The number of nitrogens with one attached hydrogen (secondary N) is 1. The highest BCUT2D eigenvalue weighted by Crippen LogP contribution is 2.22. The van der Waals surface area contributed by atoms with Crippen LogP contribution >= 0.6 is 23.4 Å². The number of rotatable bonds is 11. The van der Waals surface area contributed by atoms with Crippen LogP contribution in [-0.2, 0) is 28.3 Å². The average molecular weight is 549 g/mol. The van der Waals surface area contributed by atoms with Crippen LogP contribution < -0.4 is 5.32 Å². The molecule has 0 radical (unpaired) electrons. The molecule has 38 heavy (non-hydrogen) atoms. The Labute approximate surface area is 236 Å². The zero-order chi connectivity index (χ0) is 26.7. The molecule has 6 heteroatoms. The van der Waals surface area contributed by atoms with E-state index in [1.165, 1.54) is 17.5 Å². The van der Waals surface area contributed by atoms with Gasteiger partial charge in [0, 0.05) is 29.8 Å². The first kappa shape index (κ1) is 28.3. The zero-order valence-electron chi connectivity index (χ0n) is 22.1. The standard InChI is InChI=1S/C32H37ClN2O2S/c1-24-10-8-14-27(18-24)22-38-23-31(36)35(21-26-13-9-15-28(33)19-26)30(20-25-11-4-2-5-12-25)32(37)34-29-16-6-3-7-17-29/h2,4-5,8-15,18-19,29-30H,3,6-7,16-17,20-23H2,1H3,(H,34,37)/t30-/m1/s1. The van der Waals surface area contributed by atoms with Crippen molar-refractivity contribution < 1.29 is 9.59 Å². The monoisotopic (exact) mass is 548 g/mol. The Morgan fingerprint density at radius 3 is 2.37 bits per heavy atom. The van der Waals surface area contributed by atoms with Gasteiger partial charge in [-0.05, 0) is 48.6 Å². The van der Waals surface area contributed by atoms with E-state index in [4.69, 9.17) is 11.6 Å². The average Bonchev–Trinajstić information content (AvgIpc) is 2.92. The Bertz CT molecular complexity index is 1200. The molecule has 1 saturated carbocycles. The van der Waals surface area contributed by atoms with Gasteiger partial charge < -0.3 is 10.2 Å². The second-order valence-corrected chi connectivity index (χ2v) is 11.6. The molecule has 3 aromatic carbocycles. The summed E-state index contributed by atoms with van der Waals surface area (Å²) in [7, 11) is 0. The fraction of sp³-hybridized carbons (Fsp3) is 0.375. The fourth-order valence-electron chi connectivity index (χ4n) is 5.07. The molecule has 4 rings (SSSR count).